The Kier molecular flexibility index (Phi) is 4.48. The summed E-state index contributed by atoms with van der Waals surface area (Å²) in [5, 5.41) is 0. The minimum Gasteiger partial charge on any atom is -0.481 e. The highest BCUT2D eigenvalue weighted by Gasteiger charge is 2.29. The third kappa shape index (κ3) is 4.41. The average molecular weight is 294 g/mol. The van der Waals surface area contributed by atoms with Gasteiger partial charge in [0.2, 0.25) is 11.8 Å². The van der Waals surface area contributed by atoms with E-state index >= 15 is 0 Å². The molecule has 0 aliphatic carbocycles. The molecule has 0 N–H and O–H groups in total. The van der Waals surface area contributed by atoms with Crippen LogP contribution < -0.4 is 14.2 Å². The zero-order valence-electron chi connectivity index (χ0n) is 10.6. The maximum atomic E-state index is 12.1. The van der Waals surface area contributed by atoms with Crippen LogP contribution in [0.15, 0.2) is 6.07 Å². The first-order valence-electron chi connectivity index (χ1n) is 5.83. The van der Waals surface area contributed by atoms with Crippen LogP contribution in [-0.4, -0.2) is 49.2 Å². The lowest BCUT2D eigenvalue weighted by Crippen LogP contribution is -2.21. The summed E-state index contributed by atoms with van der Waals surface area (Å²) in [6.45, 7) is -0.498. The lowest BCUT2D eigenvalue weighted by molar-refractivity contribution is -0.154. The zero-order chi connectivity index (χ0) is 14.6. The molecule has 0 amide bonds. The predicted octanol–water partition coefficient (Wildman–Crippen LogP) is 1.59. The summed E-state index contributed by atoms with van der Waals surface area (Å²) in [6.07, 6.45) is -3.97. The molecular formula is C11H13F3N2O4. The van der Waals surface area contributed by atoms with Crippen LogP contribution >= 0.6 is 0 Å². The molecule has 1 atom stereocenters. The number of methoxy groups -OCH3 is 1. The van der Waals surface area contributed by atoms with E-state index in [4.69, 9.17) is 14.2 Å². The van der Waals surface area contributed by atoms with Gasteiger partial charge in [0.25, 0.3) is 0 Å². The monoisotopic (exact) mass is 294 g/mol. The summed E-state index contributed by atoms with van der Waals surface area (Å²) >= 11 is 0. The van der Waals surface area contributed by atoms with Crippen LogP contribution in [0.4, 0.5) is 13.2 Å². The van der Waals surface area contributed by atoms with Crippen molar-refractivity contribution in [2.24, 2.45) is 0 Å². The molecule has 2 rings (SSSR count). The third-order valence-corrected chi connectivity index (χ3v) is 2.41. The van der Waals surface area contributed by atoms with Crippen molar-refractivity contribution in [3.8, 4) is 17.8 Å². The number of hydrogen-bond donors (Lipinski definition) is 0. The zero-order valence-corrected chi connectivity index (χ0v) is 10.6. The summed E-state index contributed by atoms with van der Waals surface area (Å²) in [5.41, 5.74) is 0. The Bertz CT molecular complexity index is 450. The number of rotatable bonds is 5. The first-order chi connectivity index (χ1) is 9.46. The predicted molar refractivity (Wildman–Crippen MR) is 60.0 cm³/mol. The van der Waals surface area contributed by atoms with Gasteiger partial charge in [0, 0.05) is 6.42 Å². The van der Waals surface area contributed by atoms with E-state index in [1.165, 1.54) is 13.2 Å². The van der Waals surface area contributed by atoms with Crippen LogP contribution in [-0.2, 0) is 4.74 Å². The van der Waals surface area contributed by atoms with Gasteiger partial charge in [-0.3, -0.25) is 0 Å². The molecule has 1 aromatic heterocycles. The Labute approximate surface area is 112 Å². The van der Waals surface area contributed by atoms with Crippen LogP contribution in [0.25, 0.3) is 0 Å². The van der Waals surface area contributed by atoms with Gasteiger partial charge in [-0.2, -0.15) is 23.1 Å². The van der Waals surface area contributed by atoms with Gasteiger partial charge in [0.15, 0.2) is 6.61 Å². The van der Waals surface area contributed by atoms with Crippen molar-refractivity contribution in [3.63, 3.8) is 0 Å². The van der Waals surface area contributed by atoms with Gasteiger partial charge in [0.1, 0.15) is 6.10 Å². The number of ether oxygens (including phenoxy) is 4. The average Bonchev–Trinajstić information content (AvgIpc) is 2.88. The molecule has 112 valence electrons. The second kappa shape index (κ2) is 6.12. The van der Waals surface area contributed by atoms with Gasteiger partial charge >= 0.3 is 12.2 Å². The van der Waals surface area contributed by atoms with Gasteiger partial charge < -0.3 is 18.9 Å². The third-order valence-electron chi connectivity index (χ3n) is 2.41. The highest BCUT2D eigenvalue weighted by atomic mass is 19.4. The standard InChI is InChI=1S/C11H13F3N2O4/c1-17-8-4-9(20-7-2-3-18-5-7)16-10(15-8)19-6-11(12,13)14/h4,7H,2-3,5-6H2,1H3/t7-/m0/s1. The fraction of sp³-hybridized carbons (Fsp3) is 0.636. The van der Waals surface area contributed by atoms with E-state index in [0.717, 1.165) is 0 Å². The van der Waals surface area contributed by atoms with Gasteiger partial charge in [-0.25, -0.2) is 0 Å². The van der Waals surface area contributed by atoms with Gasteiger partial charge in [-0.15, -0.1) is 0 Å². The van der Waals surface area contributed by atoms with E-state index in [2.05, 4.69) is 14.7 Å². The van der Waals surface area contributed by atoms with Gasteiger partial charge in [-0.05, 0) is 0 Å². The second-order valence-corrected chi connectivity index (χ2v) is 4.04. The quantitative estimate of drug-likeness (QED) is 0.822. The maximum Gasteiger partial charge on any atom is 0.422 e. The summed E-state index contributed by atoms with van der Waals surface area (Å²) in [7, 11) is 1.33. The van der Waals surface area contributed by atoms with Crippen LogP contribution in [0.3, 0.4) is 0 Å². The van der Waals surface area contributed by atoms with Crippen molar-refractivity contribution in [1.29, 1.82) is 0 Å². The fourth-order valence-corrected chi connectivity index (χ4v) is 1.54. The van der Waals surface area contributed by atoms with E-state index in [-0.39, 0.29) is 17.9 Å². The highest BCUT2D eigenvalue weighted by molar-refractivity contribution is 5.23. The summed E-state index contributed by atoms with van der Waals surface area (Å²) in [4.78, 5) is 7.42. The Morgan fingerprint density at radius 1 is 1.35 bits per heavy atom. The summed E-state index contributed by atoms with van der Waals surface area (Å²) in [5.74, 6) is 0.149. The number of aromatic nitrogens is 2. The van der Waals surface area contributed by atoms with Crippen LogP contribution in [0.1, 0.15) is 6.42 Å². The molecule has 9 heteroatoms. The lowest BCUT2D eigenvalue weighted by atomic mass is 10.3. The van der Waals surface area contributed by atoms with Gasteiger partial charge in [0.05, 0.1) is 26.4 Å². The molecule has 0 aromatic carbocycles. The molecule has 1 aliphatic rings. The molecule has 0 saturated carbocycles. The minimum absolute atomic E-state index is 0.0612. The van der Waals surface area contributed by atoms with E-state index in [9.17, 15) is 13.2 Å². The summed E-state index contributed by atoms with van der Waals surface area (Å²) < 4.78 is 56.2. The first-order valence-corrected chi connectivity index (χ1v) is 5.83. The molecule has 0 spiro atoms. The number of hydrogen-bond acceptors (Lipinski definition) is 6. The van der Waals surface area contributed by atoms with E-state index in [0.29, 0.717) is 19.6 Å². The SMILES string of the molecule is COc1cc(O[C@H]2CCOC2)nc(OCC(F)(F)F)n1. The highest BCUT2D eigenvalue weighted by Crippen LogP contribution is 2.23. The first kappa shape index (κ1) is 14.6. The maximum absolute atomic E-state index is 12.1. The van der Waals surface area contributed by atoms with Crippen molar-refractivity contribution >= 4 is 0 Å². The van der Waals surface area contributed by atoms with E-state index in [1.54, 1.807) is 0 Å². The molecule has 1 saturated heterocycles. The Morgan fingerprint density at radius 2 is 2.10 bits per heavy atom. The Balaban J connectivity index is 2.06. The number of alkyl halides is 3. The van der Waals surface area contributed by atoms with Crippen molar-refractivity contribution in [2.75, 3.05) is 26.9 Å². The Morgan fingerprint density at radius 3 is 2.70 bits per heavy atom. The van der Waals surface area contributed by atoms with Crippen LogP contribution in [0.5, 0.6) is 17.8 Å². The molecule has 6 nitrogen and oxygen atoms in total. The molecule has 0 bridgehead atoms. The van der Waals surface area contributed by atoms with Crippen molar-refractivity contribution in [2.45, 2.75) is 18.7 Å². The fourth-order valence-electron chi connectivity index (χ4n) is 1.54. The van der Waals surface area contributed by atoms with Crippen molar-refractivity contribution in [3.05, 3.63) is 6.07 Å². The van der Waals surface area contributed by atoms with Crippen molar-refractivity contribution < 1.29 is 32.1 Å². The largest absolute Gasteiger partial charge is 0.481 e. The molecule has 1 aliphatic heterocycles. The number of halogens is 3. The molecule has 0 unspecified atom stereocenters. The molecule has 20 heavy (non-hydrogen) atoms. The second-order valence-electron chi connectivity index (χ2n) is 4.04. The number of nitrogens with zero attached hydrogens (tertiary/aromatic N) is 2. The van der Waals surface area contributed by atoms with E-state index < -0.39 is 18.8 Å². The molecule has 1 aromatic rings. The van der Waals surface area contributed by atoms with Gasteiger partial charge in [-0.1, -0.05) is 0 Å². The van der Waals surface area contributed by atoms with Crippen LogP contribution in [0, 0.1) is 0 Å². The molecule has 0 radical (unpaired) electrons. The molecule has 2 heterocycles. The lowest BCUT2D eigenvalue weighted by Gasteiger charge is -2.13. The minimum atomic E-state index is -4.47. The van der Waals surface area contributed by atoms with Crippen LogP contribution in [0.2, 0.25) is 0 Å². The topological polar surface area (TPSA) is 62.7 Å². The summed E-state index contributed by atoms with van der Waals surface area (Å²) in [6, 6.07) is 0.925. The smallest absolute Gasteiger partial charge is 0.422 e. The Hall–Kier alpha value is -1.77. The molecular weight excluding hydrogens is 281 g/mol. The van der Waals surface area contributed by atoms with Crippen molar-refractivity contribution in [1.82, 2.24) is 9.97 Å². The normalized spacial score (nSPS) is 18.9. The van der Waals surface area contributed by atoms with E-state index in [1.807, 2.05) is 0 Å². The molecule has 1 fully saturated rings.